The van der Waals surface area contributed by atoms with Crippen molar-refractivity contribution in [3.05, 3.63) is 101 Å². The monoisotopic (exact) mass is 512 g/mol. The minimum Gasteiger partial charge on any atom is -0.495 e. The normalized spacial score (nSPS) is 17.0. The molecule has 1 unspecified atom stereocenters. The molecular weight excluding hydrogens is 484 g/mol. The molecule has 1 saturated heterocycles. The number of rotatable bonds is 6. The van der Waals surface area contributed by atoms with Crippen LogP contribution in [0, 0.1) is 0 Å². The van der Waals surface area contributed by atoms with Gasteiger partial charge in [-0.15, -0.1) is 0 Å². The number of carbonyl (C=O) groups is 2. The van der Waals surface area contributed by atoms with Crippen LogP contribution >= 0.6 is 11.8 Å². The SMILES string of the molecule is COc1ccccc1NC(=O)C1=C(C)N=C2SCCCN2C1c1cccc(NC(=O)c2ccccc2)c1. The Morgan fingerprint density at radius 2 is 1.76 bits per heavy atom. The van der Waals surface area contributed by atoms with Crippen LogP contribution in [0.4, 0.5) is 11.4 Å². The number of nitrogens with zero attached hydrogens (tertiary/aromatic N) is 2. The van der Waals surface area contributed by atoms with Crippen molar-refractivity contribution < 1.29 is 14.3 Å². The van der Waals surface area contributed by atoms with Crippen LogP contribution in [0.25, 0.3) is 0 Å². The number of anilines is 2. The molecule has 7 nitrogen and oxygen atoms in total. The quantitative estimate of drug-likeness (QED) is 0.442. The summed E-state index contributed by atoms with van der Waals surface area (Å²) >= 11 is 1.71. The lowest BCUT2D eigenvalue weighted by Crippen LogP contribution is -2.43. The van der Waals surface area contributed by atoms with Gasteiger partial charge in [-0.1, -0.05) is 54.2 Å². The zero-order valence-electron chi connectivity index (χ0n) is 20.7. The molecule has 3 aromatic rings. The summed E-state index contributed by atoms with van der Waals surface area (Å²) in [6.45, 7) is 2.67. The van der Waals surface area contributed by atoms with Crippen LogP contribution < -0.4 is 15.4 Å². The Kier molecular flexibility index (Phi) is 7.28. The fourth-order valence-electron chi connectivity index (χ4n) is 4.62. The van der Waals surface area contributed by atoms with E-state index < -0.39 is 0 Å². The van der Waals surface area contributed by atoms with Crippen LogP contribution in [0.3, 0.4) is 0 Å². The van der Waals surface area contributed by atoms with E-state index in [2.05, 4.69) is 15.5 Å². The van der Waals surface area contributed by atoms with E-state index in [-0.39, 0.29) is 17.9 Å². The van der Waals surface area contributed by atoms with Gasteiger partial charge in [-0.05, 0) is 55.3 Å². The van der Waals surface area contributed by atoms with E-state index >= 15 is 0 Å². The van der Waals surface area contributed by atoms with Crippen molar-refractivity contribution in [2.24, 2.45) is 4.99 Å². The number of hydrogen-bond donors (Lipinski definition) is 2. The summed E-state index contributed by atoms with van der Waals surface area (Å²) in [5.74, 6) is 1.16. The second-order valence-corrected chi connectivity index (χ2v) is 9.85. The van der Waals surface area contributed by atoms with Crippen LogP contribution in [-0.4, -0.2) is 41.3 Å². The molecule has 2 aliphatic heterocycles. The first-order chi connectivity index (χ1) is 18.0. The van der Waals surface area contributed by atoms with Crippen molar-refractivity contribution in [3.8, 4) is 5.75 Å². The maximum absolute atomic E-state index is 13.8. The zero-order chi connectivity index (χ0) is 25.8. The molecule has 2 heterocycles. The molecule has 0 bridgehead atoms. The van der Waals surface area contributed by atoms with Crippen molar-refractivity contribution in [1.82, 2.24) is 4.90 Å². The summed E-state index contributed by atoms with van der Waals surface area (Å²) < 4.78 is 5.43. The van der Waals surface area contributed by atoms with Gasteiger partial charge in [-0.2, -0.15) is 0 Å². The number of thioether (sulfide) groups is 1. The van der Waals surface area contributed by atoms with Crippen LogP contribution in [0.1, 0.15) is 35.3 Å². The van der Waals surface area contributed by atoms with Crippen LogP contribution in [0.2, 0.25) is 0 Å². The molecular formula is C29H28N4O3S. The number of methoxy groups -OCH3 is 1. The highest BCUT2D eigenvalue weighted by Gasteiger charge is 2.37. The highest BCUT2D eigenvalue weighted by atomic mass is 32.2. The molecule has 1 atom stereocenters. The molecule has 0 radical (unpaired) electrons. The third-order valence-corrected chi connectivity index (χ3v) is 7.43. The average molecular weight is 513 g/mol. The van der Waals surface area contributed by atoms with Gasteiger partial charge in [0.1, 0.15) is 5.75 Å². The van der Waals surface area contributed by atoms with Gasteiger partial charge in [-0.3, -0.25) is 9.59 Å². The second-order valence-electron chi connectivity index (χ2n) is 8.79. The van der Waals surface area contributed by atoms with Crippen molar-refractivity contribution in [2.75, 3.05) is 30.0 Å². The lowest BCUT2D eigenvalue weighted by atomic mass is 9.93. The number of hydrogen-bond acceptors (Lipinski definition) is 6. The number of carbonyl (C=O) groups excluding carboxylic acids is 2. The van der Waals surface area contributed by atoms with Crippen LogP contribution in [0.15, 0.2) is 95.1 Å². The molecule has 5 rings (SSSR count). The van der Waals surface area contributed by atoms with E-state index in [9.17, 15) is 9.59 Å². The largest absolute Gasteiger partial charge is 0.495 e. The van der Waals surface area contributed by atoms with Gasteiger partial charge in [0.15, 0.2) is 5.17 Å². The first-order valence-corrected chi connectivity index (χ1v) is 13.1. The number of fused-ring (bicyclic) bond motifs is 1. The fourth-order valence-corrected chi connectivity index (χ4v) is 5.64. The molecule has 37 heavy (non-hydrogen) atoms. The maximum Gasteiger partial charge on any atom is 0.255 e. The number of ether oxygens (including phenoxy) is 1. The number of amidine groups is 1. The summed E-state index contributed by atoms with van der Waals surface area (Å²) in [7, 11) is 1.58. The average Bonchev–Trinajstić information content (AvgIpc) is 2.93. The number of amides is 2. The van der Waals surface area contributed by atoms with E-state index in [1.807, 2.05) is 73.7 Å². The highest BCUT2D eigenvalue weighted by molar-refractivity contribution is 8.13. The third-order valence-electron chi connectivity index (χ3n) is 6.35. The number of para-hydroxylation sites is 2. The Morgan fingerprint density at radius 1 is 0.973 bits per heavy atom. The molecule has 0 aliphatic carbocycles. The first-order valence-electron chi connectivity index (χ1n) is 12.1. The molecule has 2 aliphatic rings. The molecule has 0 aromatic heterocycles. The first kappa shape index (κ1) is 24.6. The standard InChI is InChI=1S/C29H28N4O3S/c1-19-25(28(35)32-23-14-6-7-15-24(23)36-2)26(33-16-9-17-37-29(33)30-19)21-12-8-13-22(18-21)31-27(34)20-10-4-3-5-11-20/h3-8,10-15,18,26H,9,16-17H2,1-2H3,(H,31,34)(H,32,35). The summed E-state index contributed by atoms with van der Waals surface area (Å²) in [5.41, 5.74) is 4.01. The molecule has 0 saturated carbocycles. The van der Waals surface area contributed by atoms with Crippen molar-refractivity contribution in [2.45, 2.75) is 19.4 Å². The maximum atomic E-state index is 13.8. The summed E-state index contributed by atoms with van der Waals surface area (Å²) in [6, 6.07) is 23.8. The van der Waals surface area contributed by atoms with Gasteiger partial charge in [-0.25, -0.2) is 4.99 Å². The summed E-state index contributed by atoms with van der Waals surface area (Å²) in [5, 5.41) is 6.94. The van der Waals surface area contributed by atoms with E-state index in [1.54, 1.807) is 31.0 Å². The number of aliphatic imine (C=N–C) groups is 1. The zero-order valence-corrected chi connectivity index (χ0v) is 21.5. The Hall–Kier alpha value is -4.04. The van der Waals surface area contributed by atoms with Crippen LogP contribution in [-0.2, 0) is 4.79 Å². The molecule has 0 spiro atoms. The fraction of sp³-hybridized carbons (Fsp3) is 0.207. The van der Waals surface area contributed by atoms with E-state index in [0.717, 1.165) is 29.4 Å². The van der Waals surface area contributed by atoms with Crippen molar-refractivity contribution in [1.29, 1.82) is 0 Å². The minimum absolute atomic E-state index is 0.182. The topological polar surface area (TPSA) is 83.0 Å². The summed E-state index contributed by atoms with van der Waals surface area (Å²) in [6.07, 6.45) is 0.991. The Bertz CT molecular complexity index is 1390. The smallest absolute Gasteiger partial charge is 0.255 e. The van der Waals surface area contributed by atoms with Gasteiger partial charge < -0.3 is 20.3 Å². The summed E-state index contributed by atoms with van der Waals surface area (Å²) in [4.78, 5) is 33.5. The minimum atomic E-state index is -0.344. The lowest BCUT2D eigenvalue weighted by Gasteiger charge is -2.41. The molecule has 3 aromatic carbocycles. The third kappa shape index (κ3) is 5.24. The molecule has 2 N–H and O–H groups in total. The van der Waals surface area contributed by atoms with Gasteiger partial charge in [0.25, 0.3) is 11.8 Å². The Balaban J connectivity index is 1.50. The van der Waals surface area contributed by atoms with E-state index in [4.69, 9.17) is 9.73 Å². The predicted molar refractivity (Wildman–Crippen MR) is 149 cm³/mol. The van der Waals surface area contributed by atoms with E-state index in [1.165, 1.54) is 0 Å². The Morgan fingerprint density at radius 3 is 2.57 bits per heavy atom. The van der Waals surface area contributed by atoms with Crippen molar-refractivity contribution in [3.63, 3.8) is 0 Å². The van der Waals surface area contributed by atoms with Crippen molar-refractivity contribution >= 4 is 40.1 Å². The second kappa shape index (κ2) is 10.9. The predicted octanol–water partition coefficient (Wildman–Crippen LogP) is 5.71. The molecule has 1 fully saturated rings. The lowest BCUT2D eigenvalue weighted by molar-refractivity contribution is -0.113. The van der Waals surface area contributed by atoms with E-state index in [0.29, 0.717) is 34.0 Å². The molecule has 188 valence electrons. The molecule has 8 heteroatoms. The number of allylic oxidation sites excluding steroid dienone is 1. The Labute approximate surface area is 220 Å². The van der Waals surface area contributed by atoms with Gasteiger partial charge in [0, 0.05) is 23.5 Å². The number of nitrogens with one attached hydrogen (secondary N) is 2. The van der Waals surface area contributed by atoms with Gasteiger partial charge in [0.05, 0.1) is 30.1 Å². The highest BCUT2D eigenvalue weighted by Crippen LogP contribution is 2.40. The van der Waals surface area contributed by atoms with Crippen LogP contribution in [0.5, 0.6) is 5.75 Å². The van der Waals surface area contributed by atoms with Gasteiger partial charge in [0.2, 0.25) is 0 Å². The number of benzene rings is 3. The van der Waals surface area contributed by atoms with Gasteiger partial charge >= 0.3 is 0 Å². The molecule has 2 amide bonds.